The Morgan fingerprint density at radius 2 is 2.25 bits per heavy atom. The first-order valence-corrected chi connectivity index (χ1v) is 5.83. The van der Waals surface area contributed by atoms with Gasteiger partial charge in [0.05, 0.1) is 11.9 Å². The monoisotopic (exact) mass is 242 g/mol. The second-order valence-electron chi connectivity index (χ2n) is 4.00. The van der Waals surface area contributed by atoms with Crippen molar-refractivity contribution in [2.45, 2.75) is 12.8 Å². The molecule has 88 valence electrons. The highest BCUT2D eigenvalue weighted by atomic mass is 35.5. The molecule has 1 aromatic rings. The Morgan fingerprint density at radius 1 is 1.50 bits per heavy atom. The topological polar surface area (TPSA) is 69.8 Å². The number of nitrogens with zero attached hydrogens (tertiary/aromatic N) is 1. The van der Waals surface area contributed by atoms with E-state index in [0.717, 1.165) is 32.5 Å². The Morgan fingerprint density at radius 3 is 3.00 bits per heavy atom. The fourth-order valence-electron chi connectivity index (χ4n) is 1.85. The van der Waals surface area contributed by atoms with Gasteiger partial charge in [0.2, 0.25) is 0 Å². The third-order valence-corrected chi connectivity index (χ3v) is 3.21. The van der Waals surface area contributed by atoms with Crippen molar-refractivity contribution in [3.8, 4) is 0 Å². The van der Waals surface area contributed by atoms with Crippen molar-refractivity contribution in [1.29, 1.82) is 0 Å². The minimum atomic E-state index is -0.350. The standard InChI is InChI=1S/C10H15ClN4O/c11-9-8(6-14-15-10(9)16)13-5-7-1-3-12-4-2-7/h6-7,12H,1-5H2,(H2,13,15,16). The van der Waals surface area contributed by atoms with Crippen LogP contribution in [0.1, 0.15) is 12.8 Å². The lowest BCUT2D eigenvalue weighted by molar-refractivity contribution is 0.390. The minimum Gasteiger partial charge on any atom is -0.382 e. The summed E-state index contributed by atoms with van der Waals surface area (Å²) in [5.74, 6) is 0.636. The number of piperidine rings is 1. The molecule has 0 atom stereocenters. The average Bonchev–Trinajstić information content (AvgIpc) is 2.32. The number of hydrogen-bond donors (Lipinski definition) is 3. The van der Waals surface area contributed by atoms with E-state index in [9.17, 15) is 4.79 Å². The van der Waals surface area contributed by atoms with Gasteiger partial charge in [-0.3, -0.25) is 4.79 Å². The van der Waals surface area contributed by atoms with Crippen molar-refractivity contribution < 1.29 is 0 Å². The van der Waals surface area contributed by atoms with Crippen LogP contribution in [-0.4, -0.2) is 29.8 Å². The lowest BCUT2D eigenvalue weighted by atomic mass is 9.98. The zero-order valence-electron chi connectivity index (χ0n) is 8.92. The Labute approximate surface area is 98.6 Å². The summed E-state index contributed by atoms with van der Waals surface area (Å²) in [6, 6.07) is 0. The van der Waals surface area contributed by atoms with E-state index in [1.807, 2.05) is 0 Å². The van der Waals surface area contributed by atoms with Gasteiger partial charge in [0.1, 0.15) is 5.02 Å². The molecule has 1 aliphatic heterocycles. The molecule has 0 aromatic carbocycles. The second kappa shape index (κ2) is 5.32. The largest absolute Gasteiger partial charge is 0.382 e. The quantitative estimate of drug-likeness (QED) is 0.735. The maximum atomic E-state index is 11.2. The highest BCUT2D eigenvalue weighted by Gasteiger charge is 2.13. The van der Waals surface area contributed by atoms with E-state index in [2.05, 4.69) is 20.8 Å². The highest BCUT2D eigenvalue weighted by Crippen LogP contribution is 2.17. The van der Waals surface area contributed by atoms with Crippen LogP contribution >= 0.6 is 11.6 Å². The maximum Gasteiger partial charge on any atom is 0.285 e. The SMILES string of the molecule is O=c1[nH]ncc(NCC2CCNCC2)c1Cl. The summed E-state index contributed by atoms with van der Waals surface area (Å²) in [6.07, 6.45) is 3.85. The Hall–Kier alpha value is -1.07. The molecule has 1 aromatic heterocycles. The van der Waals surface area contributed by atoms with Crippen LogP contribution in [-0.2, 0) is 0 Å². The molecule has 6 heteroatoms. The normalized spacial score (nSPS) is 17.3. The van der Waals surface area contributed by atoms with Crippen LogP contribution in [0.15, 0.2) is 11.0 Å². The first-order chi connectivity index (χ1) is 7.77. The fraction of sp³-hybridized carbons (Fsp3) is 0.600. The first kappa shape index (κ1) is 11.4. The molecule has 2 rings (SSSR count). The van der Waals surface area contributed by atoms with Crippen LogP contribution in [0.5, 0.6) is 0 Å². The van der Waals surface area contributed by atoms with Crippen LogP contribution in [0.25, 0.3) is 0 Å². The maximum absolute atomic E-state index is 11.2. The van der Waals surface area contributed by atoms with Crippen molar-refractivity contribution >= 4 is 17.3 Å². The minimum absolute atomic E-state index is 0.184. The molecule has 0 bridgehead atoms. The third-order valence-electron chi connectivity index (χ3n) is 2.84. The summed E-state index contributed by atoms with van der Waals surface area (Å²) < 4.78 is 0. The van der Waals surface area contributed by atoms with Crippen LogP contribution in [0.4, 0.5) is 5.69 Å². The summed E-state index contributed by atoms with van der Waals surface area (Å²) in [4.78, 5) is 11.2. The summed E-state index contributed by atoms with van der Waals surface area (Å²) in [5, 5.41) is 12.7. The van der Waals surface area contributed by atoms with E-state index in [-0.39, 0.29) is 10.6 Å². The van der Waals surface area contributed by atoms with Gasteiger partial charge in [-0.2, -0.15) is 5.10 Å². The molecule has 16 heavy (non-hydrogen) atoms. The zero-order chi connectivity index (χ0) is 11.4. The van der Waals surface area contributed by atoms with Crippen LogP contribution < -0.4 is 16.2 Å². The summed E-state index contributed by atoms with van der Waals surface area (Å²) in [7, 11) is 0. The summed E-state index contributed by atoms with van der Waals surface area (Å²) in [5.41, 5.74) is 0.265. The number of halogens is 1. The van der Waals surface area contributed by atoms with Gasteiger partial charge < -0.3 is 10.6 Å². The van der Waals surface area contributed by atoms with E-state index in [0.29, 0.717) is 11.6 Å². The summed E-state index contributed by atoms with van der Waals surface area (Å²) in [6.45, 7) is 2.97. The van der Waals surface area contributed by atoms with E-state index in [1.54, 1.807) is 6.20 Å². The van der Waals surface area contributed by atoms with Gasteiger partial charge in [0, 0.05) is 6.54 Å². The molecule has 0 amide bonds. The van der Waals surface area contributed by atoms with E-state index < -0.39 is 0 Å². The lowest BCUT2D eigenvalue weighted by Gasteiger charge is -2.23. The molecular formula is C10H15ClN4O. The lowest BCUT2D eigenvalue weighted by Crippen LogP contribution is -2.31. The van der Waals surface area contributed by atoms with E-state index >= 15 is 0 Å². The number of anilines is 1. The fourth-order valence-corrected chi connectivity index (χ4v) is 2.00. The molecule has 5 nitrogen and oxygen atoms in total. The Balaban J connectivity index is 1.93. The molecule has 0 spiro atoms. The molecule has 0 unspecified atom stereocenters. The molecule has 2 heterocycles. The van der Waals surface area contributed by atoms with Crippen LogP contribution in [0.3, 0.4) is 0 Å². The third kappa shape index (κ3) is 2.74. The van der Waals surface area contributed by atoms with Gasteiger partial charge in [-0.05, 0) is 31.8 Å². The predicted molar refractivity (Wildman–Crippen MR) is 64.0 cm³/mol. The molecule has 3 N–H and O–H groups in total. The van der Waals surface area contributed by atoms with Crippen LogP contribution in [0, 0.1) is 5.92 Å². The van der Waals surface area contributed by atoms with Gasteiger partial charge in [0.15, 0.2) is 0 Å². The number of aromatic amines is 1. The van der Waals surface area contributed by atoms with Gasteiger partial charge in [-0.15, -0.1) is 0 Å². The van der Waals surface area contributed by atoms with E-state index in [1.165, 1.54) is 0 Å². The molecule has 1 aliphatic rings. The van der Waals surface area contributed by atoms with Gasteiger partial charge in [0.25, 0.3) is 5.56 Å². The molecule has 0 saturated carbocycles. The van der Waals surface area contributed by atoms with Crippen molar-refractivity contribution in [2.24, 2.45) is 5.92 Å². The molecular weight excluding hydrogens is 228 g/mol. The Kier molecular flexibility index (Phi) is 3.79. The van der Waals surface area contributed by atoms with Gasteiger partial charge in [-0.25, -0.2) is 5.10 Å². The number of hydrogen-bond acceptors (Lipinski definition) is 4. The summed E-state index contributed by atoms with van der Waals surface area (Å²) >= 11 is 5.85. The molecule has 1 saturated heterocycles. The number of nitrogens with one attached hydrogen (secondary N) is 3. The smallest absolute Gasteiger partial charge is 0.285 e. The second-order valence-corrected chi connectivity index (χ2v) is 4.38. The molecule has 1 fully saturated rings. The van der Waals surface area contributed by atoms with Crippen molar-refractivity contribution in [2.75, 3.05) is 25.0 Å². The molecule has 0 aliphatic carbocycles. The number of rotatable bonds is 3. The molecule has 0 radical (unpaired) electrons. The van der Waals surface area contributed by atoms with E-state index in [4.69, 9.17) is 11.6 Å². The van der Waals surface area contributed by atoms with Crippen molar-refractivity contribution in [1.82, 2.24) is 15.5 Å². The van der Waals surface area contributed by atoms with Crippen molar-refractivity contribution in [3.63, 3.8) is 0 Å². The van der Waals surface area contributed by atoms with Crippen LogP contribution in [0.2, 0.25) is 5.02 Å². The average molecular weight is 243 g/mol. The number of H-pyrrole nitrogens is 1. The Bertz CT molecular complexity index is 400. The van der Waals surface area contributed by atoms with Gasteiger partial charge >= 0.3 is 0 Å². The van der Waals surface area contributed by atoms with Crippen molar-refractivity contribution in [3.05, 3.63) is 21.6 Å². The predicted octanol–water partition coefficient (Wildman–Crippen LogP) is 0.835. The number of aromatic nitrogens is 2. The highest BCUT2D eigenvalue weighted by molar-refractivity contribution is 6.32. The van der Waals surface area contributed by atoms with Gasteiger partial charge in [-0.1, -0.05) is 11.6 Å². The zero-order valence-corrected chi connectivity index (χ0v) is 9.68. The first-order valence-electron chi connectivity index (χ1n) is 5.45.